The van der Waals surface area contributed by atoms with Crippen LogP contribution in [0.25, 0.3) is 0 Å². The molecular weight excluding hydrogens is 198 g/mol. The van der Waals surface area contributed by atoms with Crippen LogP contribution in [0.15, 0.2) is 12.1 Å². The number of nitrogens with zero attached hydrogens (tertiary/aromatic N) is 1. The number of epoxide rings is 1. The molecular formula is C14H17NO. The second kappa shape index (κ2) is 2.62. The van der Waals surface area contributed by atoms with E-state index in [9.17, 15) is 0 Å². The summed E-state index contributed by atoms with van der Waals surface area (Å²) in [6, 6.07) is 5.29. The van der Waals surface area contributed by atoms with Crippen molar-refractivity contribution in [2.75, 3.05) is 11.9 Å². The first-order chi connectivity index (χ1) is 7.66. The fourth-order valence-corrected chi connectivity index (χ4v) is 3.63. The Kier molecular flexibility index (Phi) is 1.48. The third kappa shape index (κ3) is 0.921. The lowest BCUT2D eigenvalue weighted by molar-refractivity contribution is 0.360. The summed E-state index contributed by atoms with van der Waals surface area (Å²) >= 11 is 0. The summed E-state index contributed by atoms with van der Waals surface area (Å²) < 4.78 is 5.78. The van der Waals surface area contributed by atoms with E-state index in [1.807, 2.05) is 0 Å². The predicted octanol–water partition coefficient (Wildman–Crippen LogP) is 2.76. The van der Waals surface area contributed by atoms with Crippen LogP contribution in [0.4, 0.5) is 5.69 Å². The molecule has 0 saturated carbocycles. The van der Waals surface area contributed by atoms with Crippen LogP contribution < -0.4 is 4.90 Å². The number of hydrogen-bond donors (Lipinski definition) is 0. The van der Waals surface area contributed by atoms with E-state index in [0.29, 0.717) is 24.2 Å². The normalized spacial score (nSPS) is 38.3. The van der Waals surface area contributed by atoms with Crippen molar-refractivity contribution in [1.82, 2.24) is 0 Å². The van der Waals surface area contributed by atoms with Crippen LogP contribution in [0.2, 0.25) is 0 Å². The molecule has 3 aliphatic rings. The van der Waals surface area contributed by atoms with Crippen molar-refractivity contribution in [1.29, 1.82) is 0 Å². The van der Waals surface area contributed by atoms with Crippen LogP contribution in [-0.2, 0) is 4.74 Å². The van der Waals surface area contributed by atoms with Crippen molar-refractivity contribution in [3.05, 3.63) is 28.8 Å². The fourth-order valence-electron chi connectivity index (χ4n) is 3.63. The molecule has 4 unspecified atom stereocenters. The van der Waals surface area contributed by atoms with Crippen molar-refractivity contribution < 1.29 is 4.74 Å². The van der Waals surface area contributed by atoms with Gasteiger partial charge in [-0.2, -0.15) is 0 Å². The van der Waals surface area contributed by atoms with Gasteiger partial charge in [-0.3, -0.25) is 0 Å². The lowest BCUT2D eigenvalue weighted by atomic mass is 9.81. The summed E-state index contributed by atoms with van der Waals surface area (Å²) in [5, 5.41) is 0. The Morgan fingerprint density at radius 2 is 2.19 bits per heavy atom. The Hall–Kier alpha value is -1.02. The molecule has 0 aromatic heterocycles. The second-order valence-corrected chi connectivity index (χ2v) is 5.58. The fraction of sp³-hybridized carbons (Fsp3) is 0.571. The van der Waals surface area contributed by atoms with E-state index < -0.39 is 0 Å². The molecule has 0 N–H and O–H groups in total. The van der Waals surface area contributed by atoms with Crippen molar-refractivity contribution in [2.45, 2.75) is 44.4 Å². The van der Waals surface area contributed by atoms with Crippen LogP contribution in [-0.4, -0.2) is 19.2 Å². The van der Waals surface area contributed by atoms with E-state index in [0.717, 1.165) is 0 Å². The number of aryl methyl sites for hydroxylation is 1. The average Bonchev–Trinajstić information content (AvgIpc) is 2.99. The first-order valence-electron chi connectivity index (χ1n) is 6.19. The van der Waals surface area contributed by atoms with Crippen molar-refractivity contribution in [3.8, 4) is 0 Å². The largest absolute Gasteiger partial charge is 0.371 e. The lowest BCUT2D eigenvalue weighted by Crippen LogP contribution is -2.28. The molecule has 0 radical (unpaired) electrons. The molecule has 4 rings (SSSR count). The summed E-state index contributed by atoms with van der Waals surface area (Å²) in [6.45, 7) is 4.53. The third-order valence-electron chi connectivity index (χ3n) is 4.65. The van der Waals surface area contributed by atoms with Gasteiger partial charge >= 0.3 is 0 Å². The molecule has 1 aliphatic carbocycles. The molecule has 1 saturated heterocycles. The Morgan fingerprint density at radius 3 is 3.00 bits per heavy atom. The minimum atomic E-state index is 0.420. The molecule has 16 heavy (non-hydrogen) atoms. The minimum absolute atomic E-state index is 0.420. The van der Waals surface area contributed by atoms with Crippen LogP contribution in [0.3, 0.4) is 0 Å². The summed E-state index contributed by atoms with van der Waals surface area (Å²) in [5.41, 5.74) is 5.87. The molecule has 1 fully saturated rings. The Morgan fingerprint density at radius 1 is 1.38 bits per heavy atom. The van der Waals surface area contributed by atoms with Gasteiger partial charge < -0.3 is 9.64 Å². The SMILES string of the molecule is Cc1cc2c3c(c1)N(C)C(C)C3CC1OC21. The van der Waals surface area contributed by atoms with Gasteiger partial charge in [0.1, 0.15) is 6.10 Å². The molecule has 84 valence electrons. The molecule has 2 aliphatic heterocycles. The molecule has 0 spiro atoms. The highest BCUT2D eigenvalue weighted by molar-refractivity contribution is 5.67. The van der Waals surface area contributed by atoms with Crippen LogP contribution in [0.5, 0.6) is 0 Å². The molecule has 1 aromatic rings. The van der Waals surface area contributed by atoms with Gasteiger partial charge in [0.2, 0.25) is 0 Å². The number of rotatable bonds is 0. The molecule has 1 aromatic carbocycles. The molecule has 2 heteroatoms. The summed E-state index contributed by atoms with van der Waals surface area (Å²) in [4.78, 5) is 2.45. The number of anilines is 1. The highest BCUT2D eigenvalue weighted by atomic mass is 16.6. The monoisotopic (exact) mass is 215 g/mol. The maximum absolute atomic E-state index is 5.78. The number of hydrogen-bond acceptors (Lipinski definition) is 2. The zero-order valence-electron chi connectivity index (χ0n) is 10.0. The van der Waals surface area contributed by atoms with Gasteiger partial charge in [0.25, 0.3) is 0 Å². The first kappa shape index (κ1) is 9.06. The lowest BCUT2D eigenvalue weighted by Gasteiger charge is -2.23. The average molecular weight is 215 g/mol. The maximum atomic E-state index is 5.78. The summed E-state index contributed by atoms with van der Waals surface area (Å²) in [6.07, 6.45) is 2.16. The number of likely N-dealkylation sites (N-methyl/N-ethyl adjacent to an activating group) is 1. The van der Waals surface area contributed by atoms with Gasteiger partial charge in [0.05, 0.1) is 6.10 Å². The number of benzene rings is 1. The number of fused-ring (bicyclic) bond motifs is 2. The zero-order valence-corrected chi connectivity index (χ0v) is 10.0. The topological polar surface area (TPSA) is 15.8 Å². The van der Waals surface area contributed by atoms with Gasteiger partial charge in [-0.15, -0.1) is 0 Å². The van der Waals surface area contributed by atoms with Gasteiger partial charge in [-0.05, 0) is 43.0 Å². The summed E-state index contributed by atoms with van der Waals surface area (Å²) in [5.74, 6) is 0.694. The molecule has 4 atom stereocenters. The van der Waals surface area contributed by atoms with E-state index in [4.69, 9.17) is 4.74 Å². The highest BCUT2D eigenvalue weighted by Gasteiger charge is 2.52. The maximum Gasteiger partial charge on any atom is 0.110 e. The van der Waals surface area contributed by atoms with E-state index >= 15 is 0 Å². The Labute approximate surface area is 96.2 Å². The highest BCUT2D eigenvalue weighted by Crippen LogP contribution is 2.58. The van der Waals surface area contributed by atoms with Gasteiger partial charge in [0.15, 0.2) is 0 Å². The first-order valence-corrected chi connectivity index (χ1v) is 6.19. The molecule has 2 heterocycles. The minimum Gasteiger partial charge on any atom is -0.371 e. The van der Waals surface area contributed by atoms with Crippen molar-refractivity contribution in [2.24, 2.45) is 0 Å². The predicted molar refractivity (Wildman–Crippen MR) is 64.0 cm³/mol. The molecule has 0 bridgehead atoms. The van der Waals surface area contributed by atoms with Crippen LogP contribution >= 0.6 is 0 Å². The molecule has 2 nitrogen and oxygen atoms in total. The van der Waals surface area contributed by atoms with Crippen molar-refractivity contribution in [3.63, 3.8) is 0 Å². The molecule has 0 amide bonds. The van der Waals surface area contributed by atoms with Crippen LogP contribution in [0, 0.1) is 6.92 Å². The van der Waals surface area contributed by atoms with E-state index in [1.165, 1.54) is 23.2 Å². The van der Waals surface area contributed by atoms with Gasteiger partial charge in [-0.25, -0.2) is 0 Å². The Bertz CT molecular complexity index is 482. The summed E-state index contributed by atoms with van der Waals surface area (Å²) in [7, 11) is 2.23. The quantitative estimate of drug-likeness (QED) is 0.618. The standard InChI is InChI=1S/C14H17NO/c1-7-4-10-13-9(6-12-14(10)16-12)8(2)15(3)11(13)5-7/h4-5,8-9,12,14H,6H2,1-3H3. The van der Waals surface area contributed by atoms with Gasteiger partial charge in [0, 0.05) is 24.7 Å². The zero-order chi connectivity index (χ0) is 11.0. The van der Waals surface area contributed by atoms with E-state index in [1.54, 1.807) is 5.56 Å². The van der Waals surface area contributed by atoms with E-state index in [2.05, 4.69) is 37.9 Å². The Balaban J connectivity index is 2.00. The van der Waals surface area contributed by atoms with Gasteiger partial charge in [-0.1, -0.05) is 6.07 Å². The van der Waals surface area contributed by atoms with E-state index in [-0.39, 0.29) is 0 Å². The number of ether oxygens (including phenoxy) is 1. The smallest absolute Gasteiger partial charge is 0.110 e. The third-order valence-corrected chi connectivity index (χ3v) is 4.65. The van der Waals surface area contributed by atoms with Crippen molar-refractivity contribution >= 4 is 5.69 Å². The van der Waals surface area contributed by atoms with Crippen LogP contribution in [0.1, 0.15) is 42.1 Å². The second-order valence-electron chi connectivity index (χ2n) is 5.58.